The van der Waals surface area contributed by atoms with Gasteiger partial charge >= 0.3 is 0 Å². The smallest absolute Gasteiger partial charge is 0.120 e. The van der Waals surface area contributed by atoms with Crippen LogP contribution in [-0.4, -0.2) is 11.1 Å². The first-order valence-corrected chi connectivity index (χ1v) is 6.67. The van der Waals surface area contributed by atoms with Crippen molar-refractivity contribution in [1.82, 2.24) is 5.32 Å². The Hall–Kier alpha value is -1.02. The molecule has 1 aliphatic carbocycles. The molecule has 2 unspecified atom stereocenters. The van der Waals surface area contributed by atoms with Crippen LogP contribution in [-0.2, 0) is 6.54 Å². The van der Waals surface area contributed by atoms with Gasteiger partial charge in [0.2, 0.25) is 0 Å². The second-order valence-corrected chi connectivity index (χ2v) is 5.48. The molecule has 2 rings (SSSR count). The fourth-order valence-electron chi connectivity index (χ4n) is 2.73. The number of benzene rings is 1. The summed E-state index contributed by atoms with van der Waals surface area (Å²) in [5, 5.41) is 13.4. The normalized spacial score (nSPS) is 24.8. The van der Waals surface area contributed by atoms with E-state index in [4.69, 9.17) is 0 Å². The highest BCUT2D eigenvalue weighted by atomic mass is 16.3. The van der Waals surface area contributed by atoms with E-state index in [2.05, 4.69) is 25.2 Å². The molecular weight excluding hydrogens is 210 g/mol. The van der Waals surface area contributed by atoms with E-state index < -0.39 is 0 Å². The zero-order chi connectivity index (χ0) is 12.3. The van der Waals surface area contributed by atoms with Gasteiger partial charge in [-0.3, -0.25) is 0 Å². The van der Waals surface area contributed by atoms with Crippen molar-refractivity contribution in [2.45, 2.75) is 52.1 Å². The van der Waals surface area contributed by atoms with Crippen LogP contribution in [0.1, 0.15) is 43.7 Å². The van der Waals surface area contributed by atoms with Crippen molar-refractivity contribution < 1.29 is 5.11 Å². The van der Waals surface area contributed by atoms with E-state index >= 15 is 0 Å². The molecule has 0 amide bonds. The third-order valence-electron chi connectivity index (χ3n) is 3.75. The Morgan fingerprint density at radius 3 is 2.94 bits per heavy atom. The van der Waals surface area contributed by atoms with E-state index in [-0.39, 0.29) is 0 Å². The Balaban J connectivity index is 1.90. The van der Waals surface area contributed by atoms with Gasteiger partial charge < -0.3 is 10.4 Å². The van der Waals surface area contributed by atoms with Gasteiger partial charge in [-0.15, -0.1) is 0 Å². The minimum absolute atomic E-state index is 0.409. The number of hydrogen-bond donors (Lipinski definition) is 2. The van der Waals surface area contributed by atoms with Gasteiger partial charge in [0.25, 0.3) is 0 Å². The Morgan fingerprint density at radius 1 is 1.35 bits per heavy atom. The Kier molecular flexibility index (Phi) is 4.06. The van der Waals surface area contributed by atoms with Crippen molar-refractivity contribution in [3.63, 3.8) is 0 Å². The molecule has 0 bridgehead atoms. The van der Waals surface area contributed by atoms with Crippen LogP contribution in [0.3, 0.4) is 0 Å². The summed E-state index contributed by atoms with van der Waals surface area (Å²) in [5.74, 6) is 1.25. The number of aryl methyl sites for hydroxylation is 1. The van der Waals surface area contributed by atoms with Crippen molar-refractivity contribution in [2.24, 2.45) is 5.92 Å². The molecule has 0 aromatic heterocycles. The van der Waals surface area contributed by atoms with E-state index in [0.29, 0.717) is 11.8 Å². The Labute approximate surface area is 104 Å². The van der Waals surface area contributed by atoms with Crippen LogP contribution in [0.25, 0.3) is 0 Å². The molecule has 1 aliphatic rings. The zero-order valence-electron chi connectivity index (χ0n) is 10.9. The fraction of sp³-hybridized carbons (Fsp3) is 0.600. The first-order valence-electron chi connectivity index (χ1n) is 6.67. The highest BCUT2D eigenvalue weighted by molar-refractivity contribution is 5.35. The monoisotopic (exact) mass is 233 g/mol. The van der Waals surface area contributed by atoms with Gasteiger partial charge in [0, 0.05) is 18.2 Å². The molecule has 0 radical (unpaired) electrons. The van der Waals surface area contributed by atoms with Crippen LogP contribution in [0.5, 0.6) is 5.75 Å². The van der Waals surface area contributed by atoms with Crippen LogP contribution in [0, 0.1) is 12.8 Å². The second kappa shape index (κ2) is 5.54. The number of nitrogens with one attached hydrogen (secondary N) is 1. The maximum Gasteiger partial charge on any atom is 0.120 e. The Bertz CT molecular complexity index is 375. The summed E-state index contributed by atoms with van der Waals surface area (Å²) in [5.41, 5.74) is 2.22. The van der Waals surface area contributed by atoms with Gasteiger partial charge in [-0.05, 0) is 31.7 Å². The molecule has 0 heterocycles. The lowest BCUT2D eigenvalue weighted by Gasteiger charge is -2.27. The minimum atomic E-state index is 0.409. The molecule has 2 N–H and O–H groups in total. The fourth-order valence-corrected chi connectivity index (χ4v) is 2.73. The average molecular weight is 233 g/mol. The van der Waals surface area contributed by atoms with Crippen molar-refractivity contribution in [3.8, 4) is 5.75 Å². The maximum absolute atomic E-state index is 9.78. The number of aromatic hydroxyl groups is 1. The van der Waals surface area contributed by atoms with Crippen molar-refractivity contribution >= 4 is 0 Å². The molecule has 2 nitrogen and oxygen atoms in total. The summed E-state index contributed by atoms with van der Waals surface area (Å²) >= 11 is 0. The van der Waals surface area contributed by atoms with E-state index in [1.54, 1.807) is 6.07 Å². The van der Waals surface area contributed by atoms with Gasteiger partial charge in [0.05, 0.1) is 0 Å². The molecule has 1 aromatic rings. The largest absolute Gasteiger partial charge is 0.508 e. The first kappa shape index (κ1) is 12.4. The van der Waals surface area contributed by atoms with Crippen molar-refractivity contribution in [3.05, 3.63) is 29.3 Å². The second-order valence-electron chi connectivity index (χ2n) is 5.48. The number of phenols is 1. The van der Waals surface area contributed by atoms with Crippen molar-refractivity contribution in [2.75, 3.05) is 0 Å². The molecule has 0 aliphatic heterocycles. The maximum atomic E-state index is 9.78. The summed E-state index contributed by atoms with van der Waals surface area (Å²) in [6.45, 7) is 5.18. The highest BCUT2D eigenvalue weighted by Crippen LogP contribution is 2.24. The lowest BCUT2D eigenvalue weighted by atomic mass is 9.87. The Morgan fingerprint density at radius 2 is 2.18 bits per heavy atom. The standard InChI is InChI=1S/C15H23NO/c1-11-4-3-5-14(9-11)16-10-13-8-12(2)6-7-15(13)17/h6-8,11,14,16-17H,3-5,9-10H2,1-2H3. The van der Waals surface area contributed by atoms with E-state index in [0.717, 1.165) is 18.0 Å². The zero-order valence-corrected chi connectivity index (χ0v) is 10.9. The molecule has 2 heteroatoms. The molecule has 94 valence electrons. The SMILES string of the molecule is Cc1ccc(O)c(CNC2CCCC(C)C2)c1. The lowest BCUT2D eigenvalue weighted by Crippen LogP contribution is -2.33. The number of hydrogen-bond acceptors (Lipinski definition) is 2. The first-order chi connectivity index (χ1) is 8.15. The van der Waals surface area contributed by atoms with Crippen LogP contribution >= 0.6 is 0 Å². The molecular formula is C15H23NO. The van der Waals surface area contributed by atoms with Crippen molar-refractivity contribution in [1.29, 1.82) is 0 Å². The molecule has 2 atom stereocenters. The third-order valence-corrected chi connectivity index (χ3v) is 3.75. The van der Waals surface area contributed by atoms with Gasteiger partial charge in [-0.2, -0.15) is 0 Å². The number of phenolic OH excluding ortho intramolecular Hbond substituents is 1. The molecule has 0 saturated heterocycles. The topological polar surface area (TPSA) is 32.3 Å². The number of rotatable bonds is 3. The van der Waals surface area contributed by atoms with E-state index in [1.807, 2.05) is 6.07 Å². The molecule has 1 saturated carbocycles. The quantitative estimate of drug-likeness (QED) is 0.839. The van der Waals surface area contributed by atoms with E-state index in [1.165, 1.54) is 31.2 Å². The van der Waals surface area contributed by atoms with Crippen LogP contribution in [0.4, 0.5) is 0 Å². The molecule has 1 aromatic carbocycles. The van der Waals surface area contributed by atoms with Crippen LogP contribution in [0.15, 0.2) is 18.2 Å². The summed E-state index contributed by atoms with van der Waals surface area (Å²) in [4.78, 5) is 0. The predicted octanol–water partition coefficient (Wildman–Crippen LogP) is 3.37. The average Bonchev–Trinajstić information content (AvgIpc) is 2.30. The summed E-state index contributed by atoms with van der Waals surface area (Å²) in [6, 6.07) is 6.42. The van der Waals surface area contributed by atoms with Crippen LogP contribution in [0.2, 0.25) is 0 Å². The highest BCUT2D eigenvalue weighted by Gasteiger charge is 2.18. The van der Waals surface area contributed by atoms with Gasteiger partial charge in [-0.25, -0.2) is 0 Å². The van der Waals surface area contributed by atoms with E-state index in [9.17, 15) is 5.11 Å². The van der Waals surface area contributed by atoms with Gasteiger partial charge in [0.15, 0.2) is 0 Å². The molecule has 0 spiro atoms. The summed E-state index contributed by atoms with van der Waals surface area (Å²) < 4.78 is 0. The molecule has 17 heavy (non-hydrogen) atoms. The van der Waals surface area contributed by atoms with Gasteiger partial charge in [-0.1, -0.05) is 37.5 Å². The third kappa shape index (κ3) is 3.47. The summed E-state index contributed by atoms with van der Waals surface area (Å²) in [7, 11) is 0. The molecule has 1 fully saturated rings. The lowest BCUT2D eigenvalue weighted by molar-refractivity contribution is 0.299. The van der Waals surface area contributed by atoms with Crippen LogP contribution < -0.4 is 5.32 Å². The minimum Gasteiger partial charge on any atom is -0.508 e. The predicted molar refractivity (Wildman–Crippen MR) is 71.1 cm³/mol. The van der Waals surface area contributed by atoms with Gasteiger partial charge in [0.1, 0.15) is 5.75 Å². The summed E-state index contributed by atoms with van der Waals surface area (Å²) in [6.07, 6.45) is 5.25.